The molecule has 1 rings (SSSR count). The number of hydrogen-bond acceptors (Lipinski definition) is 4. The summed E-state index contributed by atoms with van der Waals surface area (Å²) in [5, 5.41) is 12.1. The van der Waals surface area contributed by atoms with Crippen molar-refractivity contribution in [3.05, 3.63) is 79.0 Å². The summed E-state index contributed by atoms with van der Waals surface area (Å²) in [6.07, 6.45) is 31.7. The summed E-state index contributed by atoms with van der Waals surface area (Å²) in [5.41, 5.74) is 0.681. The largest absolute Gasteiger partial charge is 0.481 e. The van der Waals surface area contributed by atoms with Gasteiger partial charge in [0, 0.05) is 44.1 Å². The standard InChI is InChI=1S/C30H43N3O4/c1-2-3-4-5-6-7-8-9-10-11-12-13-14-15-16-17-18-19-29(35)32-21-20-28(34)23-26(30(36)37)22-27-24-31-25-33-27/h3-4,6-7,9-10,12-13,15-16,24-26H,2,5,8,11,14,17-23H2,1H3,(H,31,33)(H,32,35)(H,36,37)/b4-3-,7-6-,10-9-,13-12-,16-15-/t26-/m1/s1. The lowest BCUT2D eigenvalue weighted by atomic mass is 9.96. The summed E-state index contributed by atoms with van der Waals surface area (Å²) in [5.74, 6) is -2.08. The molecule has 0 saturated heterocycles. The minimum absolute atomic E-state index is 0.0612. The van der Waals surface area contributed by atoms with E-state index in [0.29, 0.717) is 12.1 Å². The monoisotopic (exact) mass is 509 g/mol. The van der Waals surface area contributed by atoms with E-state index in [1.54, 1.807) is 6.20 Å². The van der Waals surface area contributed by atoms with Crippen molar-refractivity contribution in [1.29, 1.82) is 0 Å². The third-order valence-corrected chi connectivity index (χ3v) is 5.50. The van der Waals surface area contributed by atoms with Crippen molar-refractivity contribution in [2.75, 3.05) is 6.54 Å². The molecule has 0 spiro atoms. The number of Topliss-reactive ketones (excluding diaryl/α,β-unsaturated/α-hetero) is 1. The molecule has 0 aliphatic carbocycles. The number of hydrogen-bond donors (Lipinski definition) is 3. The molecule has 37 heavy (non-hydrogen) atoms. The van der Waals surface area contributed by atoms with Gasteiger partial charge < -0.3 is 15.4 Å². The Hall–Kier alpha value is -3.48. The number of rotatable bonds is 21. The van der Waals surface area contributed by atoms with Crippen molar-refractivity contribution in [2.45, 2.75) is 77.6 Å². The summed E-state index contributed by atoms with van der Waals surface area (Å²) >= 11 is 0. The van der Waals surface area contributed by atoms with Crippen molar-refractivity contribution < 1.29 is 19.5 Å². The number of aromatic amines is 1. The number of carbonyl (C=O) groups excluding carboxylic acids is 2. The Morgan fingerprint density at radius 3 is 2.05 bits per heavy atom. The molecule has 0 saturated carbocycles. The molecule has 0 bridgehead atoms. The van der Waals surface area contributed by atoms with Gasteiger partial charge in [-0.05, 0) is 44.9 Å². The number of carbonyl (C=O) groups is 3. The summed E-state index contributed by atoms with van der Waals surface area (Å²) in [4.78, 5) is 42.2. The van der Waals surface area contributed by atoms with Gasteiger partial charge in [0.1, 0.15) is 5.78 Å². The fourth-order valence-corrected chi connectivity index (χ4v) is 3.46. The topological polar surface area (TPSA) is 112 Å². The van der Waals surface area contributed by atoms with E-state index in [-0.39, 0.29) is 37.5 Å². The molecule has 0 radical (unpaired) electrons. The Labute approximate surface area is 221 Å². The lowest BCUT2D eigenvalue weighted by Gasteiger charge is -2.10. The van der Waals surface area contributed by atoms with Crippen LogP contribution in [-0.2, 0) is 20.8 Å². The molecule has 0 aromatic carbocycles. The van der Waals surface area contributed by atoms with Crippen LogP contribution in [0, 0.1) is 5.92 Å². The first-order valence-electron chi connectivity index (χ1n) is 13.3. The van der Waals surface area contributed by atoms with Gasteiger partial charge in [-0.15, -0.1) is 0 Å². The van der Waals surface area contributed by atoms with E-state index in [2.05, 4.69) is 83.0 Å². The number of imidazole rings is 1. The molecule has 1 aromatic rings. The van der Waals surface area contributed by atoms with Crippen molar-refractivity contribution in [3.8, 4) is 0 Å². The first-order chi connectivity index (χ1) is 18.0. The number of ketones is 1. The van der Waals surface area contributed by atoms with E-state index in [4.69, 9.17) is 0 Å². The lowest BCUT2D eigenvalue weighted by Crippen LogP contribution is -2.27. The van der Waals surface area contributed by atoms with E-state index in [9.17, 15) is 19.5 Å². The molecule has 1 heterocycles. The highest BCUT2D eigenvalue weighted by atomic mass is 16.4. The highest BCUT2D eigenvalue weighted by Gasteiger charge is 2.22. The van der Waals surface area contributed by atoms with Crippen LogP contribution in [0.2, 0.25) is 0 Å². The Morgan fingerprint density at radius 2 is 1.51 bits per heavy atom. The fourth-order valence-electron chi connectivity index (χ4n) is 3.46. The third-order valence-electron chi connectivity index (χ3n) is 5.50. The second kappa shape index (κ2) is 21.8. The number of amides is 1. The van der Waals surface area contributed by atoms with Crippen LogP contribution in [0.15, 0.2) is 73.3 Å². The molecule has 202 valence electrons. The van der Waals surface area contributed by atoms with Crippen LogP contribution >= 0.6 is 0 Å². The molecule has 0 aliphatic heterocycles. The van der Waals surface area contributed by atoms with E-state index >= 15 is 0 Å². The minimum atomic E-state index is -1.01. The predicted molar refractivity (Wildman–Crippen MR) is 149 cm³/mol. The van der Waals surface area contributed by atoms with Gasteiger partial charge in [0.25, 0.3) is 0 Å². The van der Waals surface area contributed by atoms with Gasteiger partial charge in [-0.25, -0.2) is 4.98 Å². The van der Waals surface area contributed by atoms with Crippen LogP contribution in [0.25, 0.3) is 0 Å². The van der Waals surface area contributed by atoms with Gasteiger partial charge in [0.05, 0.1) is 12.2 Å². The zero-order valence-electron chi connectivity index (χ0n) is 22.1. The molecule has 7 heteroatoms. The van der Waals surface area contributed by atoms with Crippen molar-refractivity contribution in [3.63, 3.8) is 0 Å². The molecule has 0 aliphatic rings. The number of unbranched alkanes of at least 4 members (excludes halogenated alkanes) is 1. The number of aromatic nitrogens is 2. The number of nitrogens with zero attached hydrogens (tertiary/aromatic N) is 1. The average Bonchev–Trinajstić information content (AvgIpc) is 3.38. The van der Waals surface area contributed by atoms with Crippen LogP contribution in [-0.4, -0.2) is 39.3 Å². The minimum Gasteiger partial charge on any atom is -0.481 e. The summed E-state index contributed by atoms with van der Waals surface area (Å²) in [7, 11) is 0. The SMILES string of the molecule is CC/C=C\C/C=C\C/C=C\C/C=C\C/C=C\CCCC(=O)NCCC(=O)C[C@@H](Cc1cnc[nH]1)C(=O)O. The molecule has 1 atom stereocenters. The fraction of sp³-hybridized carbons (Fsp3) is 0.467. The van der Waals surface area contributed by atoms with E-state index in [1.165, 1.54) is 6.33 Å². The maximum absolute atomic E-state index is 12.1. The summed E-state index contributed by atoms with van der Waals surface area (Å²) < 4.78 is 0. The molecule has 0 unspecified atom stereocenters. The number of aliphatic carboxylic acids is 1. The summed E-state index contributed by atoms with van der Waals surface area (Å²) in [6.45, 7) is 2.37. The maximum Gasteiger partial charge on any atom is 0.307 e. The zero-order valence-corrected chi connectivity index (χ0v) is 22.1. The number of carboxylic acid groups (broad SMARTS) is 1. The Balaban J connectivity index is 2.04. The van der Waals surface area contributed by atoms with Crippen molar-refractivity contribution >= 4 is 17.7 Å². The van der Waals surface area contributed by atoms with Crippen LogP contribution in [0.3, 0.4) is 0 Å². The lowest BCUT2D eigenvalue weighted by molar-refractivity contribution is -0.143. The Morgan fingerprint density at radius 1 is 0.919 bits per heavy atom. The molecule has 0 fully saturated rings. The number of allylic oxidation sites excluding steroid dienone is 10. The first-order valence-corrected chi connectivity index (χ1v) is 13.3. The van der Waals surface area contributed by atoms with Crippen molar-refractivity contribution in [2.24, 2.45) is 5.92 Å². The number of nitrogens with one attached hydrogen (secondary N) is 2. The van der Waals surface area contributed by atoms with Gasteiger partial charge in [-0.1, -0.05) is 67.7 Å². The van der Waals surface area contributed by atoms with Crippen molar-refractivity contribution in [1.82, 2.24) is 15.3 Å². The van der Waals surface area contributed by atoms with E-state index in [0.717, 1.165) is 44.9 Å². The van der Waals surface area contributed by atoms with Gasteiger partial charge in [-0.3, -0.25) is 14.4 Å². The summed E-state index contributed by atoms with van der Waals surface area (Å²) in [6, 6.07) is 0. The number of carboxylic acids is 1. The highest BCUT2D eigenvalue weighted by molar-refractivity contribution is 5.84. The molecule has 1 amide bonds. The maximum atomic E-state index is 12.1. The van der Waals surface area contributed by atoms with Crippen LogP contribution in [0.1, 0.15) is 76.8 Å². The van der Waals surface area contributed by atoms with Crippen LogP contribution in [0.5, 0.6) is 0 Å². The van der Waals surface area contributed by atoms with Crippen LogP contribution in [0.4, 0.5) is 0 Å². The predicted octanol–water partition coefficient (Wildman–Crippen LogP) is 6.04. The molecule has 3 N–H and O–H groups in total. The quantitative estimate of drug-likeness (QED) is 0.138. The Kier molecular flexibility index (Phi) is 18.6. The van der Waals surface area contributed by atoms with E-state index in [1.807, 2.05) is 0 Å². The molecular weight excluding hydrogens is 466 g/mol. The second-order valence-electron chi connectivity index (χ2n) is 8.76. The van der Waals surface area contributed by atoms with Gasteiger partial charge in [0.2, 0.25) is 5.91 Å². The molecule has 1 aromatic heterocycles. The molecular formula is C30H43N3O4. The van der Waals surface area contributed by atoms with Gasteiger partial charge >= 0.3 is 5.97 Å². The van der Waals surface area contributed by atoms with E-state index < -0.39 is 11.9 Å². The average molecular weight is 510 g/mol. The van der Waals surface area contributed by atoms with Gasteiger partial charge in [-0.2, -0.15) is 0 Å². The van der Waals surface area contributed by atoms with Gasteiger partial charge in [0.15, 0.2) is 0 Å². The highest BCUT2D eigenvalue weighted by Crippen LogP contribution is 2.12. The smallest absolute Gasteiger partial charge is 0.307 e. The number of H-pyrrole nitrogens is 1. The zero-order chi connectivity index (χ0) is 27.0. The second-order valence-corrected chi connectivity index (χ2v) is 8.76. The first kappa shape index (κ1) is 31.5. The Bertz CT molecular complexity index is 911. The third kappa shape index (κ3) is 18.4. The van der Waals surface area contributed by atoms with Crippen LogP contribution < -0.4 is 5.32 Å². The normalized spacial score (nSPS) is 13.0. The molecule has 7 nitrogen and oxygen atoms in total.